The molecule has 0 aliphatic carbocycles. The van der Waals surface area contributed by atoms with Gasteiger partial charge in [-0.15, -0.1) is 0 Å². The van der Waals surface area contributed by atoms with Crippen molar-refractivity contribution in [2.45, 2.75) is 6.54 Å². The van der Waals surface area contributed by atoms with Gasteiger partial charge in [-0.2, -0.15) is 5.10 Å². The second-order valence-electron chi connectivity index (χ2n) is 3.46. The monoisotopic (exact) mass is 283 g/mol. The Balaban J connectivity index is 2.07. The van der Waals surface area contributed by atoms with Crippen LogP contribution in [0.1, 0.15) is 5.69 Å². The topological polar surface area (TPSA) is 29.9 Å². The van der Waals surface area contributed by atoms with E-state index in [0.29, 0.717) is 6.54 Å². The van der Waals surface area contributed by atoms with E-state index < -0.39 is 0 Å². The van der Waals surface area contributed by atoms with E-state index >= 15 is 0 Å². The zero-order chi connectivity index (χ0) is 11.5. The van der Waals surface area contributed by atoms with E-state index in [1.807, 2.05) is 19.3 Å². The van der Waals surface area contributed by atoms with Crippen molar-refractivity contribution in [3.8, 4) is 0 Å². The highest BCUT2D eigenvalue weighted by Crippen LogP contribution is 2.23. The summed E-state index contributed by atoms with van der Waals surface area (Å²) < 4.78 is 15.6. The number of hydrogen-bond donors (Lipinski definition) is 1. The lowest BCUT2D eigenvalue weighted by Gasteiger charge is -2.06. The van der Waals surface area contributed by atoms with Gasteiger partial charge in [-0.1, -0.05) is 0 Å². The summed E-state index contributed by atoms with van der Waals surface area (Å²) in [5.41, 5.74) is 1.64. The fraction of sp³-hybridized carbons (Fsp3) is 0.182. The summed E-state index contributed by atoms with van der Waals surface area (Å²) in [6.45, 7) is 0.572. The highest BCUT2D eigenvalue weighted by Gasteiger charge is 2.02. The van der Waals surface area contributed by atoms with Gasteiger partial charge in [-0.3, -0.25) is 4.68 Å². The van der Waals surface area contributed by atoms with Crippen LogP contribution in [0.3, 0.4) is 0 Å². The third-order valence-corrected chi connectivity index (χ3v) is 2.85. The maximum Gasteiger partial charge on any atom is 0.125 e. The Bertz CT molecular complexity index is 496. The molecule has 0 atom stereocenters. The maximum atomic E-state index is 13.0. The van der Waals surface area contributed by atoms with E-state index in [9.17, 15) is 4.39 Å². The first-order valence-corrected chi connectivity index (χ1v) is 5.62. The van der Waals surface area contributed by atoms with Crippen molar-refractivity contribution in [1.29, 1.82) is 0 Å². The van der Waals surface area contributed by atoms with Crippen LogP contribution in [0.15, 0.2) is 34.9 Å². The molecule has 84 valence electrons. The molecular weight excluding hydrogens is 273 g/mol. The second kappa shape index (κ2) is 4.65. The Morgan fingerprint density at radius 1 is 1.44 bits per heavy atom. The number of aromatic nitrogens is 2. The summed E-state index contributed by atoms with van der Waals surface area (Å²) in [6, 6.07) is 6.46. The maximum absolute atomic E-state index is 13.0. The predicted molar refractivity (Wildman–Crippen MR) is 64.6 cm³/mol. The smallest absolute Gasteiger partial charge is 0.125 e. The van der Waals surface area contributed by atoms with E-state index in [1.165, 1.54) is 12.1 Å². The first-order chi connectivity index (χ1) is 7.65. The summed E-state index contributed by atoms with van der Waals surface area (Å²) in [5, 5.41) is 7.34. The van der Waals surface area contributed by atoms with E-state index in [-0.39, 0.29) is 5.82 Å². The number of nitrogens with zero attached hydrogens (tertiary/aromatic N) is 2. The standard InChI is InChI=1S/C11H11BrFN3/c1-16-5-4-9(15-16)7-14-11-6-8(13)2-3-10(11)12/h2-6,14H,7H2,1H3. The Hall–Kier alpha value is -1.36. The molecule has 2 rings (SSSR count). The Labute approximate surface area is 101 Å². The van der Waals surface area contributed by atoms with Crippen molar-refractivity contribution >= 4 is 21.6 Å². The van der Waals surface area contributed by atoms with Gasteiger partial charge < -0.3 is 5.32 Å². The normalized spacial score (nSPS) is 10.4. The molecule has 1 heterocycles. The first kappa shape index (κ1) is 11.1. The molecule has 3 nitrogen and oxygen atoms in total. The van der Waals surface area contributed by atoms with Gasteiger partial charge in [-0.05, 0) is 40.2 Å². The van der Waals surface area contributed by atoms with E-state index in [2.05, 4.69) is 26.3 Å². The van der Waals surface area contributed by atoms with Crippen molar-refractivity contribution in [1.82, 2.24) is 9.78 Å². The summed E-state index contributed by atoms with van der Waals surface area (Å²) in [5.74, 6) is -0.258. The highest BCUT2D eigenvalue weighted by atomic mass is 79.9. The minimum absolute atomic E-state index is 0.258. The minimum Gasteiger partial charge on any atom is -0.378 e. The van der Waals surface area contributed by atoms with Crippen LogP contribution in [0.25, 0.3) is 0 Å². The van der Waals surface area contributed by atoms with E-state index in [1.54, 1.807) is 10.7 Å². The zero-order valence-electron chi connectivity index (χ0n) is 8.74. The molecule has 1 N–H and O–H groups in total. The molecule has 0 bridgehead atoms. The van der Waals surface area contributed by atoms with Gasteiger partial charge in [0, 0.05) is 17.7 Å². The van der Waals surface area contributed by atoms with Crippen molar-refractivity contribution in [3.05, 3.63) is 46.4 Å². The van der Waals surface area contributed by atoms with Crippen molar-refractivity contribution in [2.24, 2.45) is 7.05 Å². The van der Waals surface area contributed by atoms with Crippen LogP contribution in [-0.2, 0) is 13.6 Å². The Morgan fingerprint density at radius 2 is 2.25 bits per heavy atom. The van der Waals surface area contributed by atoms with Crippen LogP contribution < -0.4 is 5.32 Å². The van der Waals surface area contributed by atoms with Gasteiger partial charge in [-0.25, -0.2) is 4.39 Å². The molecule has 0 fully saturated rings. The summed E-state index contributed by atoms with van der Waals surface area (Å²) in [6.07, 6.45) is 1.87. The number of hydrogen-bond acceptors (Lipinski definition) is 2. The summed E-state index contributed by atoms with van der Waals surface area (Å²) >= 11 is 3.35. The lowest BCUT2D eigenvalue weighted by molar-refractivity contribution is 0.628. The van der Waals surface area contributed by atoms with Gasteiger partial charge in [0.1, 0.15) is 5.82 Å². The van der Waals surface area contributed by atoms with Gasteiger partial charge in [0.2, 0.25) is 0 Å². The quantitative estimate of drug-likeness (QED) is 0.939. The average molecular weight is 284 g/mol. The number of rotatable bonds is 3. The van der Waals surface area contributed by atoms with E-state index in [0.717, 1.165) is 15.9 Å². The molecule has 16 heavy (non-hydrogen) atoms. The minimum atomic E-state index is -0.258. The van der Waals surface area contributed by atoms with Crippen LogP contribution >= 0.6 is 15.9 Å². The lowest BCUT2D eigenvalue weighted by Crippen LogP contribution is -2.02. The molecular formula is C11H11BrFN3. The van der Waals surface area contributed by atoms with E-state index in [4.69, 9.17) is 0 Å². The number of anilines is 1. The van der Waals surface area contributed by atoms with Crippen LogP contribution in [0, 0.1) is 5.82 Å². The molecule has 0 spiro atoms. The van der Waals surface area contributed by atoms with Crippen LogP contribution in [-0.4, -0.2) is 9.78 Å². The van der Waals surface area contributed by atoms with Gasteiger partial charge in [0.15, 0.2) is 0 Å². The van der Waals surface area contributed by atoms with Crippen LogP contribution in [0.2, 0.25) is 0 Å². The summed E-state index contributed by atoms with van der Waals surface area (Å²) in [4.78, 5) is 0. The third kappa shape index (κ3) is 2.61. The fourth-order valence-corrected chi connectivity index (χ4v) is 1.76. The average Bonchev–Trinajstić information content (AvgIpc) is 2.66. The molecule has 2 aromatic rings. The molecule has 1 aromatic carbocycles. The predicted octanol–water partition coefficient (Wildman–Crippen LogP) is 2.93. The number of halogens is 2. The number of benzene rings is 1. The summed E-state index contributed by atoms with van der Waals surface area (Å²) in [7, 11) is 1.86. The molecule has 0 amide bonds. The second-order valence-corrected chi connectivity index (χ2v) is 4.31. The molecule has 0 saturated carbocycles. The van der Waals surface area contributed by atoms with Gasteiger partial charge >= 0.3 is 0 Å². The van der Waals surface area contributed by atoms with Crippen LogP contribution in [0.4, 0.5) is 10.1 Å². The first-order valence-electron chi connectivity index (χ1n) is 4.82. The van der Waals surface area contributed by atoms with Gasteiger partial charge in [0.05, 0.1) is 17.9 Å². The molecule has 0 unspecified atom stereocenters. The molecule has 1 aromatic heterocycles. The molecule has 5 heteroatoms. The number of nitrogens with one attached hydrogen (secondary N) is 1. The SMILES string of the molecule is Cn1ccc(CNc2cc(F)ccc2Br)n1. The van der Waals surface area contributed by atoms with Crippen molar-refractivity contribution in [2.75, 3.05) is 5.32 Å². The molecule has 0 saturated heterocycles. The molecule has 0 radical (unpaired) electrons. The Morgan fingerprint density at radius 3 is 2.94 bits per heavy atom. The third-order valence-electron chi connectivity index (χ3n) is 2.16. The number of aryl methyl sites for hydroxylation is 1. The van der Waals surface area contributed by atoms with Crippen molar-refractivity contribution in [3.63, 3.8) is 0 Å². The molecule has 0 aliphatic heterocycles. The lowest BCUT2D eigenvalue weighted by atomic mass is 10.3. The van der Waals surface area contributed by atoms with Crippen LogP contribution in [0.5, 0.6) is 0 Å². The fourth-order valence-electron chi connectivity index (χ4n) is 1.38. The largest absolute Gasteiger partial charge is 0.378 e. The zero-order valence-corrected chi connectivity index (χ0v) is 10.3. The van der Waals surface area contributed by atoms with Gasteiger partial charge in [0.25, 0.3) is 0 Å². The molecule has 0 aliphatic rings. The highest BCUT2D eigenvalue weighted by molar-refractivity contribution is 9.10. The Kier molecular flexibility index (Phi) is 3.24. The van der Waals surface area contributed by atoms with Crippen molar-refractivity contribution < 1.29 is 4.39 Å².